The SMILES string of the molecule is CNCCc1cc2cccc(Cl)c2[nH]c1=O. The van der Waals surface area contributed by atoms with Gasteiger partial charge in [-0.2, -0.15) is 0 Å². The average molecular weight is 237 g/mol. The Morgan fingerprint density at radius 1 is 1.44 bits per heavy atom. The first kappa shape index (κ1) is 11.2. The molecule has 16 heavy (non-hydrogen) atoms. The van der Waals surface area contributed by atoms with Gasteiger partial charge in [-0.05, 0) is 32.1 Å². The van der Waals surface area contributed by atoms with Crippen LogP contribution in [0.1, 0.15) is 5.56 Å². The molecule has 0 fully saturated rings. The molecule has 0 atom stereocenters. The summed E-state index contributed by atoms with van der Waals surface area (Å²) in [6, 6.07) is 7.50. The number of nitrogens with one attached hydrogen (secondary N) is 2. The van der Waals surface area contributed by atoms with Crippen LogP contribution >= 0.6 is 11.6 Å². The van der Waals surface area contributed by atoms with E-state index in [1.165, 1.54) is 0 Å². The minimum atomic E-state index is -0.0594. The summed E-state index contributed by atoms with van der Waals surface area (Å²) in [5.74, 6) is 0. The van der Waals surface area contributed by atoms with Crippen LogP contribution < -0.4 is 10.9 Å². The fourth-order valence-electron chi connectivity index (χ4n) is 1.69. The summed E-state index contributed by atoms with van der Waals surface area (Å²) >= 11 is 6.00. The molecule has 0 spiro atoms. The summed E-state index contributed by atoms with van der Waals surface area (Å²) in [4.78, 5) is 14.6. The molecule has 2 rings (SSSR count). The molecule has 0 aliphatic heterocycles. The number of benzene rings is 1. The highest BCUT2D eigenvalue weighted by Gasteiger charge is 2.04. The maximum absolute atomic E-state index is 11.7. The normalized spacial score (nSPS) is 10.9. The lowest BCUT2D eigenvalue weighted by molar-refractivity contribution is 0.786. The van der Waals surface area contributed by atoms with Crippen LogP contribution in [0.3, 0.4) is 0 Å². The van der Waals surface area contributed by atoms with E-state index in [2.05, 4.69) is 10.3 Å². The number of aromatic amines is 1. The zero-order chi connectivity index (χ0) is 11.5. The van der Waals surface area contributed by atoms with E-state index in [-0.39, 0.29) is 5.56 Å². The maximum atomic E-state index is 11.7. The molecule has 2 aromatic rings. The van der Waals surface area contributed by atoms with Crippen LogP contribution in [-0.2, 0) is 6.42 Å². The average Bonchev–Trinajstić information content (AvgIpc) is 2.28. The molecule has 0 aliphatic rings. The molecule has 2 N–H and O–H groups in total. The highest BCUT2D eigenvalue weighted by molar-refractivity contribution is 6.35. The van der Waals surface area contributed by atoms with Crippen molar-refractivity contribution in [2.45, 2.75) is 6.42 Å². The third-order valence-electron chi connectivity index (χ3n) is 2.55. The van der Waals surface area contributed by atoms with Crippen molar-refractivity contribution in [2.24, 2.45) is 0 Å². The van der Waals surface area contributed by atoms with E-state index in [4.69, 9.17) is 11.6 Å². The highest BCUT2D eigenvalue weighted by Crippen LogP contribution is 2.20. The molecule has 0 amide bonds. The van der Waals surface area contributed by atoms with Gasteiger partial charge >= 0.3 is 0 Å². The highest BCUT2D eigenvalue weighted by atomic mass is 35.5. The lowest BCUT2D eigenvalue weighted by Gasteiger charge is -2.04. The first-order chi connectivity index (χ1) is 7.72. The first-order valence-corrected chi connectivity index (χ1v) is 5.55. The predicted molar refractivity (Wildman–Crippen MR) is 67.2 cm³/mol. The van der Waals surface area contributed by atoms with Gasteiger partial charge < -0.3 is 10.3 Å². The fraction of sp³-hybridized carbons (Fsp3) is 0.250. The van der Waals surface area contributed by atoms with Gasteiger partial charge in [0.05, 0.1) is 10.5 Å². The van der Waals surface area contributed by atoms with Crippen molar-refractivity contribution in [3.8, 4) is 0 Å². The summed E-state index contributed by atoms with van der Waals surface area (Å²) in [5, 5.41) is 4.57. The quantitative estimate of drug-likeness (QED) is 0.856. The Morgan fingerprint density at radius 3 is 3.00 bits per heavy atom. The maximum Gasteiger partial charge on any atom is 0.251 e. The molecule has 1 aromatic heterocycles. The Balaban J connectivity index is 2.54. The Morgan fingerprint density at radius 2 is 2.25 bits per heavy atom. The van der Waals surface area contributed by atoms with E-state index in [0.717, 1.165) is 17.5 Å². The van der Waals surface area contributed by atoms with Crippen LogP contribution in [0.4, 0.5) is 0 Å². The molecule has 1 aromatic carbocycles. The second kappa shape index (κ2) is 4.68. The van der Waals surface area contributed by atoms with Gasteiger partial charge in [-0.1, -0.05) is 23.7 Å². The van der Waals surface area contributed by atoms with Crippen LogP contribution in [0, 0.1) is 0 Å². The van der Waals surface area contributed by atoms with E-state index >= 15 is 0 Å². The van der Waals surface area contributed by atoms with Crippen LogP contribution in [0.5, 0.6) is 0 Å². The molecule has 0 bridgehead atoms. The smallest absolute Gasteiger partial charge is 0.251 e. The van der Waals surface area contributed by atoms with Gasteiger partial charge in [-0.3, -0.25) is 4.79 Å². The van der Waals surface area contributed by atoms with Crippen molar-refractivity contribution in [3.63, 3.8) is 0 Å². The van der Waals surface area contributed by atoms with Gasteiger partial charge in [0, 0.05) is 10.9 Å². The third kappa shape index (κ3) is 2.10. The molecule has 0 radical (unpaired) electrons. The molecular weight excluding hydrogens is 224 g/mol. The van der Waals surface area contributed by atoms with Gasteiger partial charge in [0.25, 0.3) is 5.56 Å². The van der Waals surface area contributed by atoms with Gasteiger partial charge in [0.15, 0.2) is 0 Å². The number of hydrogen-bond acceptors (Lipinski definition) is 2. The number of halogens is 1. The van der Waals surface area contributed by atoms with Gasteiger partial charge in [-0.25, -0.2) is 0 Å². The van der Waals surface area contributed by atoms with Crippen molar-refractivity contribution in [2.75, 3.05) is 13.6 Å². The Labute approximate surface area is 98.4 Å². The molecule has 4 heteroatoms. The second-order valence-corrected chi connectivity index (χ2v) is 4.09. The standard InChI is InChI=1S/C12H13ClN2O/c1-14-6-5-9-7-8-3-2-4-10(13)11(8)15-12(9)16/h2-4,7,14H,5-6H2,1H3,(H,15,16). The monoisotopic (exact) mass is 236 g/mol. The van der Waals surface area contributed by atoms with Gasteiger partial charge in [0.2, 0.25) is 0 Å². The van der Waals surface area contributed by atoms with Crippen LogP contribution in [0.25, 0.3) is 10.9 Å². The van der Waals surface area contributed by atoms with E-state index in [1.54, 1.807) is 6.07 Å². The van der Waals surface area contributed by atoms with Crippen LogP contribution in [0.2, 0.25) is 5.02 Å². The number of aromatic nitrogens is 1. The summed E-state index contributed by atoms with van der Waals surface area (Å²) in [5.41, 5.74) is 1.43. The minimum absolute atomic E-state index is 0.0594. The first-order valence-electron chi connectivity index (χ1n) is 5.17. The third-order valence-corrected chi connectivity index (χ3v) is 2.87. The zero-order valence-electron chi connectivity index (χ0n) is 9.01. The number of hydrogen-bond donors (Lipinski definition) is 2. The molecule has 0 saturated carbocycles. The topological polar surface area (TPSA) is 44.9 Å². The van der Waals surface area contributed by atoms with Crippen LogP contribution in [0.15, 0.2) is 29.1 Å². The number of rotatable bonds is 3. The van der Waals surface area contributed by atoms with Crippen molar-refractivity contribution in [3.05, 3.63) is 45.2 Å². The fourth-order valence-corrected chi connectivity index (χ4v) is 1.91. The van der Waals surface area contributed by atoms with Crippen molar-refractivity contribution >= 4 is 22.5 Å². The molecule has 0 saturated heterocycles. The lowest BCUT2D eigenvalue weighted by atomic mass is 10.1. The van der Waals surface area contributed by atoms with Crippen molar-refractivity contribution in [1.82, 2.24) is 10.3 Å². The van der Waals surface area contributed by atoms with Crippen molar-refractivity contribution < 1.29 is 0 Å². The number of H-pyrrole nitrogens is 1. The van der Waals surface area contributed by atoms with E-state index < -0.39 is 0 Å². The second-order valence-electron chi connectivity index (χ2n) is 3.68. The zero-order valence-corrected chi connectivity index (χ0v) is 9.77. The van der Waals surface area contributed by atoms with E-state index in [0.29, 0.717) is 17.0 Å². The Hall–Kier alpha value is -1.32. The Bertz CT molecular complexity index is 562. The summed E-state index contributed by atoms with van der Waals surface area (Å²) in [7, 11) is 1.87. The van der Waals surface area contributed by atoms with Gasteiger partial charge in [-0.15, -0.1) is 0 Å². The molecule has 1 heterocycles. The van der Waals surface area contributed by atoms with Crippen molar-refractivity contribution in [1.29, 1.82) is 0 Å². The molecular formula is C12H13ClN2O. The van der Waals surface area contributed by atoms with E-state index in [1.807, 2.05) is 25.2 Å². The summed E-state index contributed by atoms with van der Waals surface area (Å²) < 4.78 is 0. The largest absolute Gasteiger partial charge is 0.320 e. The minimum Gasteiger partial charge on any atom is -0.320 e. The predicted octanol–water partition coefficient (Wildman–Crippen LogP) is 1.94. The number of pyridine rings is 1. The lowest BCUT2D eigenvalue weighted by Crippen LogP contribution is -2.18. The number of fused-ring (bicyclic) bond motifs is 1. The molecule has 0 unspecified atom stereocenters. The number of para-hydroxylation sites is 1. The molecule has 0 aliphatic carbocycles. The number of likely N-dealkylation sites (N-methyl/N-ethyl adjacent to an activating group) is 1. The molecule has 3 nitrogen and oxygen atoms in total. The van der Waals surface area contributed by atoms with E-state index in [9.17, 15) is 4.79 Å². The van der Waals surface area contributed by atoms with Gasteiger partial charge in [0.1, 0.15) is 0 Å². The summed E-state index contributed by atoms with van der Waals surface area (Å²) in [6.45, 7) is 0.787. The summed E-state index contributed by atoms with van der Waals surface area (Å²) in [6.07, 6.45) is 0.717. The molecule has 84 valence electrons. The van der Waals surface area contributed by atoms with Crippen LogP contribution in [-0.4, -0.2) is 18.6 Å². The Kier molecular flexibility index (Phi) is 3.27.